The second-order valence-corrected chi connectivity index (χ2v) is 10.5. The van der Waals surface area contributed by atoms with Crippen LogP contribution in [0.4, 0.5) is 0 Å². The van der Waals surface area contributed by atoms with E-state index in [1.54, 1.807) is 26.3 Å². The molecule has 0 saturated heterocycles. The maximum Gasteiger partial charge on any atom is 0.278 e. The lowest BCUT2D eigenvalue weighted by Crippen LogP contribution is -2.25. The van der Waals surface area contributed by atoms with Gasteiger partial charge in [-0.3, -0.25) is 4.79 Å². The first-order chi connectivity index (χ1) is 21.0. The molecule has 0 unspecified atom stereocenters. The summed E-state index contributed by atoms with van der Waals surface area (Å²) >= 11 is 3.54. The van der Waals surface area contributed by atoms with Crippen molar-refractivity contribution < 1.29 is 14.3 Å². The van der Waals surface area contributed by atoms with Crippen LogP contribution in [-0.2, 0) is 16.1 Å². The number of hydrazone groups is 1. The summed E-state index contributed by atoms with van der Waals surface area (Å²) in [6, 6.07) is 34.2. The Kier molecular flexibility index (Phi) is 9.42. The Bertz CT molecular complexity index is 1790. The largest absolute Gasteiger partial charge is 0.467 e. The van der Waals surface area contributed by atoms with E-state index in [2.05, 4.69) is 72.4 Å². The molecule has 5 rings (SSSR count). The lowest BCUT2D eigenvalue weighted by atomic mass is 10.1. The van der Waals surface area contributed by atoms with Gasteiger partial charge in [-0.25, -0.2) is 10.4 Å². The minimum atomic E-state index is -0.492. The number of benzene rings is 3. The van der Waals surface area contributed by atoms with Gasteiger partial charge in [0.1, 0.15) is 11.6 Å². The number of aromatic nitrogens is 2. The van der Waals surface area contributed by atoms with E-state index in [1.165, 1.54) is 0 Å². The molecule has 9 heteroatoms. The second kappa shape index (κ2) is 13.7. The lowest BCUT2D eigenvalue weighted by Gasteiger charge is -2.15. The van der Waals surface area contributed by atoms with Crippen LogP contribution in [0.5, 0.6) is 5.88 Å². The molecule has 0 atom stereocenters. The number of halogens is 1. The van der Waals surface area contributed by atoms with Gasteiger partial charge in [0.05, 0.1) is 24.2 Å². The third-order valence-electron chi connectivity index (χ3n) is 6.57. The summed E-state index contributed by atoms with van der Waals surface area (Å²) in [5.74, 6) is -0.409. The van der Waals surface area contributed by atoms with Crippen molar-refractivity contribution in [3.8, 4) is 40.2 Å². The molecule has 2 heterocycles. The zero-order chi connectivity index (χ0) is 30.2. The maximum atomic E-state index is 12.7. The molecule has 0 saturated carbocycles. The standard InChI is InChI=1S/C34H28BrN5O3/c1-23-17-27(21-42-2)30(19-36)34(38-23)43-22-32(41)39-37-20-26-18-31(24-9-5-3-6-10-24)40(29-15-13-28(35)14-16-29)33(26)25-11-7-4-8-12-25/h3-18,20H,21-22H2,1-2H3,(H,39,41). The molecule has 214 valence electrons. The summed E-state index contributed by atoms with van der Waals surface area (Å²) in [6.45, 7) is 1.65. The number of ether oxygens (including phenoxy) is 2. The Balaban J connectivity index is 1.46. The molecule has 0 bridgehead atoms. The number of pyridine rings is 1. The molecule has 3 aromatic carbocycles. The molecule has 1 amide bonds. The number of nitriles is 1. The van der Waals surface area contributed by atoms with Gasteiger partial charge in [0.2, 0.25) is 5.88 Å². The number of carbonyl (C=O) groups is 1. The first kappa shape index (κ1) is 29.5. The first-order valence-electron chi connectivity index (χ1n) is 13.4. The monoisotopic (exact) mass is 633 g/mol. The molecule has 1 N–H and O–H groups in total. The summed E-state index contributed by atoms with van der Waals surface area (Å²) in [4.78, 5) is 17.0. The number of methoxy groups -OCH3 is 1. The molecule has 0 fully saturated rings. The van der Waals surface area contributed by atoms with Crippen molar-refractivity contribution in [1.82, 2.24) is 15.0 Å². The highest BCUT2D eigenvalue weighted by Gasteiger charge is 2.19. The highest BCUT2D eigenvalue weighted by molar-refractivity contribution is 9.10. The predicted octanol–water partition coefficient (Wildman–Crippen LogP) is 6.82. The van der Waals surface area contributed by atoms with Gasteiger partial charge in [-0.2, -0.15) is 10.4 Å². The van der Waals surface area contributed by atoms with E-state index in [0.717, 1.165) is 38.2 Å². The Morgan fingerprint density at radius 1 is 1.02 bits per heavy atom. The van der Waals surface area contributed by atoms with Crippen molar-refractivity contribution >= 4 is 28.1 Å². The van der Waals surface area contributed by atoms with E-state index in [-0.39, 0.29) is 24.7 Å². The fourth-order valence-electron chi connectivity index (χ4n) is 4.74. The molecule has 5 aromatic rings. The molecule has 43 heavy (non-hydrogen) atoms. The first-order valence-corrected chi connectivity index (χ1v) is 14.2. The molecule has 0 aliphatic rings. The van der Waals surface area contributed by atoms with Crippen molar-refractivity contribution in [1.29, 1.82) is 5.26 Å². The summed E-state index contributed by atoms with van der Waals surface area (Å²) < 4.78 is 14.0. The number of nitrogens with one attached hydrogen (secondary N) is 1. The number of carbonyl (C=O) groups excluding carboxylic acids is 1. The zero-order valence-corrected chi connectivity index (χ0v) is 25.2. The average molecular weight is 635 g/mol. The van der Waals surface area contributed by atoms with E-state index in [1.807, 2.05) is 60.7 Å². The van der Waals surface area contributed by atoms with Gasteiger partial charge < -0.3 is 14.0 Å². The summed E-state index contributed by atoms with van der Waals surface area (Å²) in [5.41, 5.74) is 9.77. The number of amides is 1. The fourth-order valence-corrected chi connectivity index (χ4v) is 5.01. The van der Waals surface area contributed by atoms with Crippen LogP contribution in [0.15, 0.2) is 107 Å². The van der Waals surface area contributed by atoms with Gasteiger partial charge in [0.25, 0.3) is 5.91 Å². The topological polar surface area (TPSA) is 102 Å². The fraction of sp³-hybridized carbons (Fsp3) is 0.118. The third kappa shape index (κ3) is 6.89. The molecule has 0 aliphatic heterocycles. The highest BCUT2D eigenvalue weighted by atomic mass is 79.9. The van der Waals surface area contributed by atoms with Crippen molar-refractivity contribution in [2.24, 2.45) is 5.10 Å². The normalized spacial score (nSPS) is 10.9. The Morgan fingerprint density at radius 2 is 1.70 bits per heavy atom. The lowest BCUT2D eigenvalue weighted by molar-refractivity contribution is -0.123. The van der Waals surface area contributed by atoms with Crippen LogP contribution >= 0.6 is 15.9 Å². The maximum absolute atomic E-state index is 12.7. The molecular weight excluding hydrogens is 606 g/mol. The Labute approximate surface area is 258 Å². The third-order valence-corrected chi connectivity index (χ3v) is 7.10. The number of hydrogen-bond acceptors (Lipinski definition) is 6. The number of hydrogen-bond donors (Lipinski definition) is 1. The van der Waals surface area contributed by atoms with E-state index in [9.17, 15) is 10.1 Å². The van der Waals surface area contributed by atoms with Crippen LogP contribution in [0, 0.1) is 18.3 Å². The van der Waals surface area contributed by atoms with Crippen LogP contribution in [0.2, 0.25) is 0 Å². The predicted molar refractivity (Wildman–Crippen MR) is 170 cm³/mol. The Morgan fingerprint density at radius 3 is 2.35 bits per heavy atom. The molecular formula is C34H28BrN5O3. The van der Waals surface area contributed by atoms with Gasteiger partial charge in [0.15, 0.2) is 6.61 Å². The van der Waals surface area contributed by atoms with Gasteiger partial charge in [-0.05, 0) is 54.4 Å². The van der Waals surface area contributed by atoms with Crippen molar-refractivity contribution in [3.05, 3.63) is 124 Å². The van der Waals surface area contributed by atoms with Crippen molar-refractivity contribution in [2.45, 2.75) is 13.5 Å². The van der Waals surface area contributed by atoms with E-state index >= 15 is 0 Å². The molecule has 0 radical (unpaired) electrons. The number of rotatable bonds is 10. The molecule has 2 aromatic heterocycles. The highest BCUT2D eigenvalue weighted by Crippen LogP contribution is 2.35. The van der Waals surface area contributed by atoms with E-state index < -0.39 is 5.91 Å². The minimum absolute atomic E-state index is 0.0825. The molecule has 0 aliphatic carbocycles. The number of nitrogens with zero attached hydrogens (tertiary/aromatic N) is 4. The summed E-state index contributed by atoms with van der Waals surface area (Å²) in [5, 5.41) is 13.9. The van der Waals surface area contributed by atoms with Gasteiger partial charge >= 0.3 is 0 Å². The minimum Gasteiger partial charge on any atom is -0.467 e. The SMILES string of the molecule is COCc1cc(C)nc(OCC(=O)NN=Cc2cc(-c3ccccc3)n(-c3ccc(Br)cc3)c2-c2ccccc2)c1C#N. The van der Waals surface area contributed by atoms with Gasteiger partial charge in [0, 0.05) is 34.1 Å². The van der Waals surface area contributed by atoms with Crippen LogP contribution < -0.4 is 10.2 Å². The molecule has 8 nitrogen and oxygen atoms in total. The molecule has 0 spiro atoms. The van der Waals surface area contributed by atoms with Gasteiger partial charge in [-0.15, -0.1) is 0 Å². The smallest absolute Gasteiger partial charge is 0.278 e. The number of aryl methyl sites for hydroxylation is 1. The second-order valence-electron chi connectivity index (χ2n) is 9.61. The summed E-state index contributed by atoms with van der Waals surface area (Å²) in [7, 11) is 1.54. The Hall–Kier alpha value is -5.04. The quantitative estimate of drug-likeness (QED) is 0.134. The van der Waals surface area contributed by atoms with Crippen LogP contribution in [0.1, 0.15) is 22.4 Å². The summed E-state index contributed by atoms with van der Waals surface area (Å²) in [6.07, 6.45) is 1.63. The average Bonchev–Trinajstić information content (AvgIpc) is 3.40. The van der Waals surface area contributed by atoms with E-state index in [0.29, 0.717) is 11.3 Å². The van der Waals surface area contributed by atoms with Crippen molar-refractivity contribution in [3.63, 3.8) is 0 Å². The van der Waals surface area contributed by atoms with Crippen LogP contribution in [0.3, 0.4) is 0 Å². The van der Waals surface area contributed by atoms with Crippen LogP contribution in [0.25, 0.3) is 28.2 Å². The van der Waals surface area contributed by atoms with Crippen LogP contribution in [-0.4, -0.2) is 35.4 Å². The van der Waals surface area contributed by atoms with Gasteiger partial charge in [-0.1, -0.05) is 76.6 Å². The zero-order valence-electron chi connectivity index (χ0n) is 23.6. The van der Waals surface area contributed by atoms with E-state index in [4.69, 9.17) is 9.47 Å². The van der Waals surface area contributed by atoms with Crippen molar-refractivity contribution in [2.75, 3.05) is 13.7 Å².